The lowest BCUT2D eigenvalue weighted by molar-refractivity contribution is -0.133. The summed E-state index contributed by atoms with van der Waals surface area (Å²) >= 11 is 0. The largest absolute Gasteiger partial charge is 0.343 e. The molecule has 0 spiro atoms. The van der Waals surface area contributed by atoms with Crippen LogP contribution in [0.15, 0.2) is 18.2 Å². The van der Waals surface area contributed by atoms with Crippen LogP contribution in [0.3, 0.4) is 0 Å². The maximum atomic E-state index is 12.7. The van der Waals surface area contributed by atoms with Gasteiger partial charge in [-0.3, -0.25) is 9.69 Å². The lowest BCUT2D eigenvalue weighted by Gasteiger charge is -2.36. The van der Waals surface area contributed by atoms with E-state index < -0.39 is 0 Å². The van der Waals surface area contributed by atoms with Crippen molar-refractivity contribution in [3.63, 3.8) is 0 Å². The first-order chi connectivity index (χ1) is 13.4. The number of hydrogen-bond acceptors (Lipinski definition) is 3. The molecule has 2 aliphatic heterocycles. The molecule has 0 N–H and O–H groups in total. The number of aryl methyl sites for hydroxylation is 2. The monoisotopic (exact) mass is 385 g/mol. The van der Waals surface area contributed by atoms with Crippen molar-refractivity contribution in [3.05, 3.63) is 34.9 Å². The van der Waals surface area contributed by atoms with E-state index in [0.717, 1.165) is 45.4 Å². The van der Waals surface area contributed by atoms with Gasteiger partial charge in [0.05, 0.1) is 0 Å². The Morgan fingerprint density at radius 2 is 1.75 bits per heavy atom. The van der Waals surface area contributed by atoms with Gasteiger partial charge >= 0.3 is 0 Å². The molecule has 156 valence electrons. The van der Waals surface area contributed by atoms with E-state index in [0.29, 0.717) is 24.3 Å². The van der Waals surface area contributed by atoms with Crippen LogP contribution in [0.25, 0.3) is 0 Å². The zero-order chi connectivity index (χ0) is 20.1. The van der Waals surface area contributed by atoms with E-state index >= 15 is 0 Å². The second kappa shape index (κ2) is 9.89. The average molecular weight is 386 g/mol. The van der Waals surface area contributed by atoms with Gasteiger partial charge in [0, 0.05) is 32.6 Å². The Hall–Kier alpha value is -1.39. The Bertz CT molecular complexity index is 631. The Kier molecular flexibility index (Phi) is 7.53. The molecule has 2 aliphatic rings. The van der Waals surface area contributed by atoms with Crippen LogP contribution in [0.2, 0.25) is 0 Å². The summed E-state index contributed by atoms with van der Waals surface area (Å²) in [4.78, 5) is 19.7. The molecule has 0 radical (unpaired) electrons. The molecule has 4 nitrogen and oxygen atoms in total. The quantitative estimate of drug-likeness (QED) is 0.744. The van der Waals surface area contributed by atoms with Crippen LogP contribution in [-0.2, 0) is 11.3 Å². The minimum Gasteiger partial charge on any atom is -0.343 e. The third-order valence-corrected chi connectivity index (χ3v) is 6.69. The summed E-state index contributed by atoms with van der Waals surface area (Å²) < 4.78 is 0. The molecule has 28 heavy (non-hydrogen) atoms. The molecule has 1 aromatic rings. The normalized spacial score (nSPS) is 22.4. The summed E-state index contributed by atoms with van der Waals surface area (Å²) in [5, 5.41) is 0. The topological polar surface area (TPSA) is 26.8 Å². The number of hydrogen-bond donors (Lipinski definition) is 0. The van der Waals surface area contributed by atoms with Crippen molar-refractivity contribution in [2.45, 2.75) is 65.0 Å². The van der Waals surface area contributed by atoms with E-state index in [1.807, 2.05) is 11.9 Å². The van der Waals surface area contributed by atoms with Crippen LogP contribution in [0.5, 0.6) is 0 Å². The molecule has 1 amide bonds. The van der Waals surface area contributed by atoms with E-state index in [1.54, 1.807) is 0 Å². The predicted molar refractivity (Wildman–Crippen MR) is 116 cm³/mol. The number of amides is 1. The van der Waals surface area contributed by atoms with Gasteiger partial charge in [0.15, 0.2) is 0 Å². The van der Waals surface area contributed by atoms with Crippen molar-refractivity contribution in [2.24, 2.45) is 5.92 Å². The van der Waals surface area contributed by atoms with Crippen LogP contribution in [-0.4, -0.2) is 66.9 Å². The third kappa shape index (κ3) is 6.05. The van der Waals surface area contributed by atoms with Crippen LogP contribution in [0.4, 0.5) is 0 Å². The van der Waals surface area contributed by atoms with Gasteiger partial charge in [0.1, 0.15) is 0 Å². The minimum atomic E-state index is 0.348. The highest BCUT2D eigenvalue weighted by atomic mass is 16.2. The van der Waals surface area contributed by atoms with Crippen LogP contribution < -0.4 is 0 Å². The van der Waals surface area contributed by atoms with E-state index in [2.05, 4.69) is 48.9 Å². The van der Waals surface area contributed by atoms with Gasteiger partial charge in [-0.25, -0.2) is 0 Å². The van der Waals surface area contributed by atoms with Gasteiger partial charge < -0.3 is 9.80 Å². The molecule has 2 saturated heterocycles. The van der Waals surface area contributed by atoms with Gasteiger partial charge in [-0.15, -0.1) is 0 Å². The number of benzene rings is 1. The highest BCUT2D eigenvalue weighted by Gasteiger charge is 2.25. The molecule has 1 aromatic carbocycles. The SMILES string of the molecule is Cc1cc(C)cc(CN2CCCC(CCC(=O)N(C)C3CCN(C)CC3)C2)c1. The molecule has 0 saturated carbocycles. The summed E-state index contributed by atoms with van der Waals surface area (Å²) in [5.41, 5.74) is 4.13. The molecule has 4 heteroatoms. The highest BCUT2D eigenvalue weighted by molar-refractivity contribution is 5.76. The van der Waals surface area contributed by atoms with Crippen molar-refractivity contribution in [3.8, 4) is 0 Å². The fourth-order valence-corrected chi connectivity index (χ4v) is 5.04. The molecule has 1 unspecified atom stereocenters. The number of carbonyl (C=O) groups is 1. The summed E-state index contributed by atoms with van der Waals surface area (Å²) in [5.74, 6) is 1.01. The lowest BCUT2D eigenvalue weighted by Crippen LogP contribution is -2.44. The third-order valence-electron chi connectivity index (χ3n) is 6.69. The molecule has 3 rings (SSSR count). The molecule has 0 bridgehead atoms. The summed E-state index contributed by atoms with van der Waals surface area (Å²) in [6.07, 6.45) is 6.52. The van der Waals surface area contributed by atoms with E-state index in [9.17, 15) is 4.79 Å². The first-order valence-corrected chi connectivity index (χ1v) is 11.1. The average Bonchev–Trinajstić information content (AvgIpc) is 2.65. The Morgan fingerprint density at radius 3 is 2.43 bits per heavy atom. The van der Waals surface area contributed by atoms with Gasteiger partial charge in [-0.05, 0) is 84.1 Å². The van der Waals surface area contributed by atoms with Crippen molar-refractivity contribution >= 4 is 5.91 Å². The van der Waals surface area contributed by atoms with Crippen molar-refractivity contribution in [2.75, 3.05) is 40.3 Å². The lowest BCUT2D eigenvalue weighted by atomic mass is 9.92. The molecule has 0 aliphatic carbocycles. The zero-order valence-electron chi connectivity index (χ0n) is 18.4. The maximum absolute atomic E-state index is 12.7. The zero-order valence-corrected chi connectivity index (χ0v) is 18.4. The van der Waals surface area contributed by atoms with Crippen LogP contribution in [0.1, 0.15) is 55.2 Å². The van der Waals surface area contributed by atoms with Crippen LogP contribution >= 0.6 is 0 Å². The van der Waals surface area contributed by atoms with Gasteiger partial charge in [0.25, 0.3) is 0 Å². The summed E-state index contributed by atoms with van der Waals surface area (Å²) in [6.45, 7) is 9.95. The second-order valence-corrected chi connectivity index (χ2v) is 9.32. The molecular formula is C24H39N3O. The molecular weight excluding hydrogens is 346 g/mol. The number of rotatable bonds is 6. The number of likely N-dealkylation sites (tertiary alicyclic amines) is 2. The smallest absolute Gasteiger partial charge is 0.222 e. The van der Waals surface area contributed by atoms with E-state index in [4.69, 9.17) is 0 Å². The van der Waals surface area contributed by atoms with Crippen LogP contribution in [0, 0.1) is 19.8 Å². The van der Waals surface area contributed by atoms with Crippen molar-refractivity contribution in [1.82, 2.24) is 14.7 Å². The summed E-state index contributed by atoms with van der Waals surface area (Å²) in [7, 11) is 4.19. The van der Waals surface area contributed by atoms with Crippen molar-refractivity contribution < 1.29 is 4.79 Å². The standard InChI is InChI=1S/C24H39N3O/c1-19-14-20(2)16-22(15-19)18-27-11-5-6-21(17-27)7-8-24(28)26(4)23-9-12-25(3)13-10-23/h14-16,21,23H,5-13,17-18H2,1-4H3. The number of piperidine rings is 2. The summed E-state index contributed by atoms with van der Waals surface area (Å²) in [6, 6.07) is 7.32. The van der Waals surface area contributed by atoms with Gasteiger partial charge in [-0.1, -0.05) is 29.3 Å². The fraction of sp³-hybridized carbons (Fsp3) is 0.708. The minimum absolute atomic E-state index is 0.348. The molecule has 2 heterocycles. The molecule has 2 fully saturated rings. The van der Waals surface area contributed by atoms with Gasteiger partial charge in [-0.2, -0.15) is 0 Å². The highest BCUT2D eigenvalue weighted by Crippen LogP contribution is 2.24. The Balaban J connectivity index is 1.45. The molecule has 0 aromatic heterocycles. The second-order valence-electron chi connectivity index (χ2n) is 9.32. The Morgan fingerprint density at radius 1 is 1.07 bits per heavy atom. The van der Waals surface area contributed by atoms with E-state index in [-0.39, 0.29) is 0 Å². The maximum Gasteiger partial charge on any atom is 0.222 e. The Labute approximate surface area is 171 Å². The fourth-order valence-electron chi connectivity index (χ4n) is 5.04. The predicted octanol–water partition coefficient (Wildman–Crippen LogP) is 3.85. The van der Waals surface area contributed by atoms with E-state index in [1.165, 1.54) is 36.1 Å². The first-order valence-electron chi connectivity index (χ1n) is 11.1. The number of nitrogens with zero attached hydrogens (tertiary/aromatic N) is 3. The van der Waals surface area contributed by atoms with Crippen molar-refractivity contribution in [1.29, 1.82) is 0 Å². The van der Waals surface area contributed by atoms with Gasteiger partial charge in [0.2, 0.25) is 5.91 Å². The number of carbonyl (C=O) groups excluding carboxylic acids is 1. The molecule has 1 atom stereocenters. The first kappa shape index (κ1) is 21.3.